The zero-order valence-corrected chi connectivity index (χ0v) is 15.5. The summed E-state index contributed by atoms with van der Waals surface area (Å²) in [4.78, 5) is 11.7. The maximum atomic E-state index is 13.3. The molecule has 0 radical (unpaired) electrons. The molecule has 3 heterocycles. The predicted octanol–water partition coefficient (Wildman–Crippen LogP) is 2.31. The Bertz CT molecular complexity index is 1150. The summed E-state index contributed by atoms with van der Waals surface area (Å²) < 4.78 is 46.4. The van der Waals surface area contributed by atoms with Crippen molar-refractivity contribution in [1.29, 1.82) is 5.26 Å². The fourth-order valence-electron chi connectivity index (χ4n) is 4.70. The number of hydrogen-bond donors (Lipinski definition) is 4. The minimum atomic E-state index is -4.87. The van der Waals surface area contributed by atoms with Gasteiger partial charge in [-0.05, 0) is 32.0 Å². The number of aliphatic hydroxyl groups excluding tert-OH is 1. The molecule has 1 unspecified atom stereocenters. The number of carboxylic acids is 1. The van der Waals surface area contributed by atoms with Crippen molar-refractivity contribution < 1.29 is 43.1 Å². The van der Waals surface area contributed by atoms with Crippen LogP contribution in [0.4, 0.5) is 13.2 Å². The van der Waals surface area contributed by atoms with Crippen LogP contribution in [0.15, 0.2) is 18.2 Å². The first-order valence-corrected chi connectivity index (χ1v) is 8.69. The molecule has 30 heavy (non-hydrogen) atoms. The molecule has 1 saturated heterocycles. The van der Waals surface area contributed by atoms with E-state index in [1.54, 1.807) is 0 Å². The van der Waals surface area contributed by atoms with Crippen molar-refractivity contribution in [1.82, 2.24) is 4.57 Å². The summed E-state index contributed by atoms with van der Waals surface area (Å²) in [6, 6.07) is 4.02. The molecule has 4 rings (SSSR count). The highest BCUT2D eigenvalue weighted by Crippen LogP contribution is 2.66. The lowest BCUT2D eigenvalue weighted by Gasteiger charge is -2.30. The molecule has 2 aliphatic rings. The van der Waals surface area contributed by atoms with Crippen molar-refractivity contribution >= 4 is 5.97 Å². The molecular weight excluding hydrogens is 409 g/mol. The van der Waals surface area contributed by atoms with Crippen LogP contribution < -0.4 is 0 Å². The van der Waals surface area contributed by atoms with Crippen molar-refractivity contribution in [3.8, 4) is 23.5 Å². The third kappa shape index (κ3) is 2.20. The molecule has 0 saturated carbocycles. The highest BCUT2D eigenvalue weighted by atomic mass is 19.4. The van der Waals surface area contributed by atoms with Gasteiger partial charge >= 0.3 is 12.1 Å². The van der Waals surface area contributed by atoms with Gasteiger partial charge in [0.05, 0.1) is 34.0 Å². The van der Waals surface area contributed by atoms with Gasteiger partial charge < -0.3 is 25.2 Å². The molecule has 2 aromatic rings. The van der Waals surface area contributed by atoms with Gasteiger partial charge in [-0.15, -0.1) is 0 Å². The Morgan fingerprint density at radius 2 is 1.77 bits per heavy atom. The molecule has 1 aromatic carbocycles. The third-order valence-corrected chi connectivity index (χ3v) is 5.96. The van der Waals surface area contributed by atoms with Crippen LogP contribution in [0, 0.1) is 17.2 Å². The lowest BCUT2D eigenvalue weighted by Crippen LogP contribution is -2.44. The van der Waals surface area contributed by atoms with E-state index in [9.17, 15) is 38.4 Å². The molecule has 0 spiro atoms. The summed E-state index contributed by atoms with van der Waals surface area (Å²) in [5.74, 6) is -4.30. The summed E-state index contributed by atoms with van der Waals surface area (Å²) >= 11 is 0. The number of nitrogens with zero attached hydrogens (tertiary/aromatic N) is 2. The monoisotopic (exact) mass is 424 g/mol. The molecule has 4 atom stereocenters. The highest BCUT2D eigenvalue weighted by Gasteiger charge is 2.71. The number of benzene rings is 1. The van der Waals surface area contributed by atoms with E-state index in [0.29, 0.717) is 10.6 Å². The number of rotatable bonds is 2. The van der Waals surface area contributed by atoms with Crippen LogP contribution in [-0.2, 0) is 26.9 Å². The van der Waals surface area contributed by atoms with Crippen LogP contribution in [-0.4, -0.2) is 37.1 Å². The maximum Gasteiger partial charge on any atom is 0.417 e. The van der Waals surface area contributed by atoms with Gasteiger partial charge in [0.15, 0.2) is 0 Å². The first-order valence-electron chi connectivity index (χ1n) is 8.69. The quantitative estimate of drug-likeness (QED) is 0.581. The van der Waals surface area contributed by atoms with Gasteiger partial charge in [-0.25, -0.2) is 0 Å². The van der Waals surface area contributed by atoms with Crippen molar-refractivity contribution in [3.05, 3.63) is 40.5 Å². The average molecular weight is 424 g/mol. The third-order valence-electron chi connectivity index (χ3n) is 5.96. The minimum absolute atomic E-state index is 0.106. The molecule has 1 aromatic heterocycles. The van der Waals surface area contributed by atoms with Gasteiger partial charge in [0.2, 0.25) is 11.8 Å². The summed E-state index contributed by atoms with van der Waals surface area (Å²) in [6.45, 7) is 2.64. The highest BCUT2D eigenvalue weighted by molar-refractivity contribution is 5.77. The number of aromatic hydroxyl groups is 2. The van der Waals surface area contributed by atoms with Gasteiger partial charge in [0.1, 0.15) is 23.2 Å². The number of carboxylic acid groups (broad SMARTS) is 1. The zero-order chi connectivity index (χ0) is 22.4. The number of ether oxygens (including phenoxy) is 1. The van der Waals surface area contributed by atoms with Crippen LogP contribution >= 0.6 is 0 Å². The Balaban J connectivity index is 1.99. The minimum Gasteiger partial charge on any atom is -0.494 e. The van der Waals surface area contributed by atoms with E-state index in [2.05, 4.69) is 0 Å². The van der Waals surface area contributed by atoms with Gasteiger partial charge in [-0.3, -0.25) is 9.36 Å². The molecule has 0 aliphatic carbocycles. The second kappa shape index (κ2) is 5.68. The number of carbonyl (C=O) groups is 1. The maximum absolute atomic E-state index is 13.3. The molecule has 4 N–H and O–H groups in total. The fourth-order valence-corrected chi connectivity index (χ4v) is 4.70. The van der Waals surface area contributed by atoms with Crippen molar-refractivity contribution in [2.45, 2.75) is 37.3 Å². The smallest absolute Gasteiger partial charge is 0.417 e. The van der Waals surface area contributed by atoms with Crippen LogP contribution in [0.1, 0.15) is 36.1 Å². The number of nitriles is 1. The van der Waals surface area contributed by atoms with Crippen LogP contribution in [0.25, 0.3) is 5.69 Å². The lowest BCUT2D eigenvalue weighted by molar-refractivity contribution is -0.150. The normalized spacial score (nSPS) is 29.6. The molecule has 11 heteroatoms. The van der Waals surface area contributed by atoms with E-state index in [0.717, 1.165) is 12.1 Å². The first kappa shape index (κ1) is 20.1. The second-order valence-electron chi connectivity index (χ2n) is 7.65. The molecular formula is C19H15F3N2O6. The van der Waals surface area contributed by atoms with Gasteiger partial charge in [0, 0.05) is 0 Å². The van der Waals surface area contributed by atoms with Gasteiger partial charge in [-0.2, -0.15) is 18.4 Å². The molecule has 0 amide bonds. The summed E-state index contributed by atoms with van der Waals surface area (Å²) in [5.41, 5.74) is -5.90. The summed E-state index contributed by atoms with van der Waals surface area (Å²) in [6.07, 6.45) is -6.45. The van der Waals surface area contributed by atoms with Gasteiger partial charge in [-0.1, -0.05) is 0 Å². The Morgan fingerprint density at radius 3 is 2.27 bits per heavy atom. The zero-order valence-electron chi connectivity index (χ0n) is 15.5. The van der Waals surface area contributed by atoms with E-state index >= 15 is 0 Å². The SMILES string of the molecule is C[C@]12O[C@](C)(c3c1c(O)n(-c1ccc(C#N)c(C(F)(F)F)c1)c3O)[C@H](C(=O)O)C2O. The number of halogens is 3. The summed E-state index contributed by atoms with van der Waals surface area (Å²) in [5, 5.41) is 50.6. The Morgan fingerprint density at radius 1 is 1.20 bits per heavy atom. The van der Waals surface area contributed by atoms with Crippen LogP contribution in [0.3, 0.4) is 0 Å². The molecule has 2 aliphatic heterocycles. The number of fused-ring (bicyclic) bond motifs is 5. The van der Waals surface area contributed by atoms with Crippen molar-refractivity contribution in [2.24, 2.45) is 5.92 Å². The Labute approximate surface area is 167 Å². The molecule has 158 valence electrons. The average Bonchev–Trinajstić information content (AvgIpc) is 3.13. The fraction of sp³-hybridized carbons (Fsp3) is 0.368. The van der Waals surface area contributed by atoms with E-state index < -0.39 is 58.3 Å². The second-order valence-corrected chi connectivity index (χ2v) is 7.65. The topological polar surface area (TPSA) is 136 Å². The number of hydrogen-bond acceptors (Lipinski definition) is 6. The van der Waals surface area contributed by atoms with Crippen LogP contribution in [0.5, 0.6) is 11.8 Å². The number of aliphatic carboxylic acids is 1. The van der Waals surface area contributed by atoms with Crippen molar-refractivity contribution in [2.75, 3.05) is 0 Å². The number of aromatic nitrogens is 1. The van der Waals surface area contributed by atoms with E-state index in [-0.39, 0.29) is 16.8 Å². The van der Waals surface area contributed by atoms with Gasteiger partial charge in [0.25, 0.3) is 0 Å². The predicted molar refractivity (Wildman–Crippen MR) is 91.7 cm³/mol. The summed E-state index contributed by atoms with van der Waals surface area (Å²) in [7, 11) is 0. The van der Waals surface area contributed by atoms with E-state index in [4.69, 9.17) is 10.00 Å². The molecule has 8 nitrogen and oxygen atoms in total. The van der Waals surface area contributed by atoms with E-state index in [1.807, 2.05) is 0 Å². The largest absolute Gasteiger partial charge is 0.494 e. The van der Waals surface area contributed by atoms with E-state index in [1.165, 1.54) is 19.9 Å². The number of aliphatic hydroxyl groups is 1. The molecule has 2 bridgehead atoms. The van der Waals surface area contributed by atoms with Crippen LogP contribution in [0.2, 0.25) is 0 Å². The standard InChI is InChI=1S/C19H15F3N2O6/c1-17-10-11(18(2,30-17)13(25)12(17)16(28)29)15(27)24(14(10)26)8-4-3-7(6-23)9(5-8)19(20,21)22/h3-5,12-13,25-27H,1-2H3,(H,28,29)/t12-,13?,17+,18-/m0/s1. The Hall–Kier alpha value is -3.23. The first-order chi connectivity index (χ1) is 13.8. The molecule has 1 fully saturated rings. The van der Waals surface area contributed by atoms with Crippen molar-refractivity contribution in [3.63, 3.8) is 0 Å². The Kier molecular flexibility index (Phi) is 3.80. The number of alkyl halides is 3. The lowest BCUT2D eigenvalue weighted by atomic mass is 9.71.